The number of hydrogen-bond acceptors (Lipinski definition) is 3. The van der Waals surface area contributed by atoms with Crippen LogP contribution in [0.3, 0.4) is 0 Å². The first kappa shape index (κ1) is 24.4. The number of amides is 1. The molecule has 6 nitrogen and oxygen atoms in total. The summed E-state index contributed by atoms with van der Waals surface area (Å²) in [7, 11) is 3.44. The maximum atomic E-state index is 11.6. The highest BCUT2D eigenvalue weighted by Gasteiger charge is 2.13. The van der Waals surface area contributed by atoms with Crippen LogP contribution in [-0.2, 0) is 9.53 Å². The number of nitrogens with zero attached hydrogens (tertiary/aromatic N) is 2. The van der Waals surface area contributed by atoms with Crippen molar-refractivity contribution in [2.75, 3.05) is 40.3 Å². The van der Waals surface area contributed by atoms with E-state index in [0.717, 1.165) is 19.6 Å². The predicted octanol–water partition coefficient (Wildman–Crippen LogP) is 1.86. The van der Waals surface area contributed by atoms with Gasteiger partial charge in [0.25, 0.3) is 0 Å². The molecule has 0 fully saturated rings. The SMILES string of the molecule is C=CCNC(=NCC(=O)N(C)C)NCCC(OCC)C(C)C.I. The first-order chi connectivity index (χ1) is 10.4. The van der Waals surface area contributed by atoms with E-state index in [1.54, 1.807) is 20.2 Å². The fourth-order valence-corrected chi connectivity index (χ4v) is 1.79. The molecular weight excluding hydrogens is 407 g/mol. The Morgan fingerprint density at radius 1 is 1.35 bits per heavy atom. The van der Waals surface area contributed by atoms with E-state index in [0.29, 0.717) is 18.4 Å². The van der Waals surface area contributed by atoms with Gasteiger partial charge in [-0.25, -0.2) is 4.99 Å². The van der Waals surface area contributed by atoms with E-state index in [2.05, 4.69) is 36.1 Å². The summed E-state index contributed by atoms with van der Waals surface area (Å²) in [6.07, 6.45) is 2.87. The molecule has 0 saturated carbocycles. The molecule has 0 aromatic carbocycles. The summed E-state index contributed by atoms with van der Waals surface area (Å²) in [5, 5.41) is 6.34. The highest BCUT2D eigenvalue weighted by atomic mass is 127. The van der Waals surface area contributed by atoms with Crippen LogP contribution in [0.4, 0.5) is 0 Å². The van der Waals surface area contributed by atoms with Crippen LogP contribution in [-0.4, -0.2) is 63.2 Å². The molecule has 0 rings (SSSR count). The topological polar surface area (TPSA) is 66.0 Å². The molecule has 1 unspecified atom stereocenters. The van der Waals surface area contributed by atoms with Gasteiger partial charge in [0.15, 0.2) is 5.96 Å². The van der Waals surface area contributed by atoms with Gasteiger partial charge in [-0.1, -0.05) is 19.9 Å². The summed E-state index contributed by atoms with van der Waals surface area (Å²) in [6, 6.07) is 0. The molecule has 23 heavy (non-hydrogen) atoms. The van der Waals surface area contributed by atoms with Crippen LogP contribution in [0.25, 0.3) is 0 Å². The van der Waals surface area contributed by atoms with E-state index < -0.39 is 0 Å². The number of rotatable bonds is 10. The number of nitrogens with one attached hydrogen (secondary N) is 2. The molecule has 0 aliphatic carbocycles. The van der Waals surface area contributed by atoms with Gasteiger partial charge in [-0.2, -0.15) is 0 Å². The van der Waals surface area contributed by atoms with Gasteiger partial charge in [0.2, 0.25) is 5.91 Å². The zero-order valence-corrected chi connectivity index (χ0v) is 17.4. The van der Waals surface area contributed by atoms with Gasteiger partial charge in [-0.05, 0) is 19.3 Å². The lowest BCUT2D eigenvalue weighted by atomic mass is 10.0. The maximum Gasteiger partial charge on any atom is 0.243 e. The van der Waals surface area contributed by atoms with Gasteiger partial charge in [0.1, 0.15) is 6.54 Å². The van der Waals surface area contributed by atoms with Gasteiger partial charge in [-0.3, -0.25) is 4.79 Å². The minimum Gasteiger partial charge on any atom is -0.378 e. The minimum absolute atomic E-state index is 0. The molecule has 136 valence electrons. The lowest BCUT2D eigenvalue weighted by Gasteiger charge is -2.21. The third-order valence-electron chi connectivity index (χ3n) is 3.13. The van der Waals surface area contributed by atoms with Crippen LogP contribution in [0.2, 0.25) is 0 Å². The normalized spacial score (nSPS) is 12.3. The first-order valence-electron chi connectivity index (χ1n) is 7.87. The van der Waals surface area contributed by atoms with E-state index in [-0.39, 0.29) is 42.5 Å². The Labute approximate surface area is 158 Å². The Bertz CT molecular complexity index is 360. The van der Waals surface area contributed by atoms with Crippen LogP contribution in [0.15, 0.2) is 17.6 Å². The Morgan fingerprint density at radius 3 is 2.48 bits per heavy atom. The Morgan fingerprint density at radius 2 is 2.00 bits per heavy atom. The first-order valence-corrected chi connectivity index (χ1v) is 7.87. The highest BCUT2D eigenvalue weighted by Crippen LogP contribution is 2.09. The number of guanidine groups is 1. The van der Waals surface area contributed by atoms with E-state index >= 15 is 0 Å². The van der Waals surface area contributed by atoms with Crippen molar-refractivity contribution in [3.8, 4) is 0 Å². The summed E-state index contributed by atoms with van der Waals surface area (Å²) in [5.41, 5.74) is 0. The minimum atomic E-state index is -0.0333. The molecule has 0 aromatic rings. The molecule has 0 spiro atoms. The summed E-state index contributed by atoms with van der Waals surface area (Å²) < 4.78 is 5.72. The van der Waals surface area contributed by atoms with Crippen molar-refractivity contribution in [1.29, 1.82) is 0 Å². The molecule has 2 N–H and O–H groups in total. The Hall–Kier alpha value is -0.830. The monoisotopic (exact) mass is 440 g/mol. The van der Waals surface area contributed by atoms with Gasteiger partial charge in [-0.15, -0.1) is 30.6 Å². The summed E-state index contributed by atoms with van der Waals surface area (Å²) in [6.45, 7) is 12.2. The van der Waals surface area contributed by atoms with Crippen molar-refractivity contribution in [2.45, 2.75) is 33.3 Å². The third kappa shape index (κ3) is 12.3. The zero-order valence-electron chi connectivity index (χ0n) is 15.1. The lowest BCUT2D eigenvalue weighted by molar-refractivity contribution is -0.127. The summed E-state index contributed by atoms with van der Waals surface area (Å²) in [4.78, 5) is 17.4. The fourth-order valence-electron chi connectivity index (χ4n) is 1.79. The molecule has 0 saturated heterocycles. The van der Waals surface area contributed by atoms with Crippen LogP contribution in [0.1, 0.15) is 27.2 Å². The molecule has 0 radical (unpaired) electrons. The molecule has 0 aliphatic heterocycles. The quantitative estimate of drug-likeness (QED) is 0.236. The Kier molecular flexibility index (Phi) is 15.7. The van der Waals surface area contributed by atoms with Crippen LogP contribution in [0.5, 0.6) is 0 Å². The van der Waals surface area contributed by atoms with E-state index in [1.165, 1.54) is 4.90 Å². The van der Waals surface area contributed by atoms with E-state index in [9.17, 15) is 4.79 Å². The number of ether oxygens (including phenoxy) is 1. The van der Waals surface area contributed by atoms with Gasteiger partial charge < -0.3 is 20.3 Å². The van der Waals surface area contributed by atoms with Crippen molar-refractivity contribution in [3.05, 3.63) is 12.7 Å². The highest BCUT2D eigenvalue weighted by molar-refractivity contribution is 14.0. The number of halogens is 1. The number of likely N-dealkylation sites (N-methyl/N-ethyl adjacent to an activating group) is 1. The Balaban J connectivity index is 0. The molecule has 0 heterocycles. The largest absolute Gasteiger partial charge is 0.378 e. The zero-order chi connectivity index (χ0) is 17.0. The maximum absolute atomic E-state index is 11.6. The molecule has 1 amide bonds. The smallest absolute Gasteiger partial charge is 0.243 e. The van der Waals surface area contributed by atoms with Crippen molar-refractivity contribution in [1.82, 2.24) is 15.5 Å². The van der Waals surface area contributed by atoms with Gasteiger partial charge >= 0.3 is 0 Å². The van der Waals surface area contributed by atoms with Gasteiger partial charge in [0, 0.05) is 33.8 Å². The third-order valence-corrected chi connectivity index (χ3v) is 3.13. The van der Waals surface area contributed by atoms with Crippen LogP contribution >= 0.6 is 24.0 Å². The summed E-state index contributed by atoms with van der Waals surface area (Å²) >= 11 is 0. The lowest BCUT2D eigenvalue weighted by Crippen LogP contribution is -2.40. The molecule has 0 bridgehead atoms. The second-order valence-corrected chi connectivity index (χ2v) is 5.58. The van der Waals surface area contributed by atoms with Crippen LogP contribution < -0.4 is 10.6 Å². The molecule has 7 heteroatoms. The standard InChI is InChI=1S/C16H32N4O2.HI/c1-7-10-17-16(19-12-15(21)20(5)6)18-11-9-14(13(3)4)22-8-2;/h7,13-14H,1,8-12H2,2-6H3,(H2,17,18,19);1H. The van der Waals surface area contributed by atoms with Gasteiger partial charge in [0.05, 0.1) is 6.10 Å². The van der Waals surface area contributed by atoms with Crippen LogP contribution in [0, 0.1) is 5.92 Å². The molecule has 0 aromatic heterocycles. The number of aliphatic imine (C=N–C) groups is 1. The fraction of sp³-hybridized carbons (Fsp3) is 0.750. The number of carbonyl (C=O) groups is 1. The molecule has 1 atom stereocenters. The summed E-state index contributed by atoms with van der Waals surface area (Å²) in [5.74, 6) is 1.06. The second-order valence-electron chi connectivity index (χ2n) is 5.58. The van der Waals surface area contributed by atoms with Crippen molar-refractivity contribution in [3.63, 3.8) is 0 Å². The van der Waals surface area contributed by atoms with E-state index in [4.69, 9.17) is 4.74 Å². The number of hydrogen-bond donors (Lipinski definition) is 2. The number of carbonyl (C=O) groups excluding carboxylic acids is 1. The van der Waals surface area contributed by atoms with Crippen molar-refractivity contribution >= 4 is 35.8 Å². The predicted molar refractivity (Wildman–Crippen MR) is 107 cm³/mol. The average molecular weight is 440 g/mol. The second kappa shape index (κ2) is 14.7. The van der Waals surface area contributed by atoms with Crippen molar-refractivity contribution in [2.24, 2.45) is 10.9 Å². The van der Waals surface area contributed by atoms with Crippen molar-refractivity contribution < 1.29 is 9.53 Å². The molecular formula is C16H33IN4O2. The van der Waals surface area contributed by atoms with E-state index in [1.807, 2.05) is 6.92 Å². The average Bonchev–Trinajstić information content (AvgIpc) is 2.47. The molecule has 0 aliphatic rings.